The minimum Gasteiger partial charge on any atom is -0.502 e. The summed E-state index contributed by atoms with van der Waals surface area (Å²) in [6.45, 7) is 1.36. The van der Waals surface area contributed by atoms with Crippen LogP contribution in [0.25, 0.3) is 0 Å². The van der Waals surface area contributed by atoms with E-state index in [0.717, 1.165) is 34.4 Å². The second kappa shape index (κ2) is 11.7. The van der Waals surface area contributed by atoms with Crippen LogP contribution in [-0.4, -0.2) is 28.5 Å². The monoisotopic (exact) mass is 543 g/mol. The van der Waals surface area contributed by atoms with Crippen molar-refractivity contribution < 1.29 is 27.5 Å². The molecule has 6 nitrogen and oxygen atoms in total. The topological polar surface area (TPSA) is 83.4 Å². The van der Waals surface area contributed by atoms with Crippen molar-refractivity contribution >= 4 is 29.3 Å². The molecule has 0 saturated carbocycles. The van der Waals surface area contributed by atoms with Crippen LogP contribution in [0.15, 0.2) is 58.4 Å². The third kappa shape index (κ3) is 6.73. The minimum atomic E-state index is -3.96. The number of nitrogens with one attached hydrogen (secondary N) is 2. The molecular weight excluding hydrogens is 522 g/mol. The molecule has 3 N–H and O–H groups in total. The average Bonchev–Trinajstić information content (AvgIpc) is 3.03. The van der Waals surface area contributed by atoms with Crippen LogP contribution in [0.2, 0.25) is 5.02 Å². The molecule has 0 bridgehead atoms. The van der Waals surface area contributed by atoms with Crippen molar-refractivity contribution in [1.82, 2.24) is 9.99 Å². The zero-order chi connectivity index (χ0) is 26.5. The van der Waals surface area contributed by atoms with E-state index in [4.69, 9.17) is 11.6 Å². The molecule has 0 aliphatic carbocycles. The number of carbonyl (C=O) groups is 1. The second-order valence-electron chi connectivity index (χ2n) is 7.63. The van der Waals surface area contributed by atoms with E-state index in [1.54, 1.807) is 17.8 Å². The summed E-state index contributed by atoms with van der Waals surface area (Å²) in [5, 5.41) is 12.5. The number of amides is 1. The van der Waals surface area contributed by atoms with Crippen LogP contribution in [-0.2, 0) is 12.2 Å². The predicted octanol–water partition coefficient (Wildman–Crippen LogP) is 5.43. The Bertz CT molecular complexity index is 1260. The lowest BCUT2D eigenvalue weighted by Crippen LogP contribution is -2.42. The summed E-state index contributed by atoms with van der Waals surface area (Å²) in [5.41, 5.74) is 5.19. The highest BCUT2D eigenvalue weighted by atomic mass is 35.5. The Kier molecular flexibility index (Phi) is 8.91. The van der Waals surface area contributed by atoms with Gasteiger partial charge in [0, 0.05) is 34.9 Å². The van der Waals surface area contributed by atoms with Gasteiger partial charge in [0.2, 0.25) is 5.43 Å². The third-order valence-electron chi connectivity index (χ3n) is 5.19. The molecule has 0 unspecified atom stereocenters. The van der Waals surface area contributed by atoms with Gasteiger partial charge < -0.3 is 15.8 Å². The lowest BCUT2D eigenvalue weighted by atomic mass is 10.0. The summed E-state index contributed by atoms with van der Waals surface area (Å²) >= 11 is 7.80. The lowest BCUT2D eigenvalue weighted by Gasteiger charge is -2.21. The van der Waals surface area contributed by atoms with Crippen molar-refractivity contribution in [2.24, 2.45) is 0 Å². The molecule has 5 rings (SSSR count). The van der Waals surface area contributed by atoms with Crippen LogP contribution in [0.5, 0.6) is 5.75 Å². The Labute approximate surface area is 213 Å². The van der Waals surface area contributed by atoms with Gasteiger partial charge in [-0.05, 0) is 29.7 Å². The average molecular weight is 544 g/mol. The highest BCUT2D eigenvalue weighted by Gasteiger charge is 2.23. The SMILES string of the molecule is CCC(F)(F)F.Fc1cccc2c1CSc1c(Cl)cccc1C2.O=C1NCNn2ccc(=O)c(O)c21. The number of rotatable bonds is 0. The number of alkyl halides is 3. The summed E-state index contributed by atoms with van der Waals surface area (Å²) in [6, 6.07) is 12.4. The first-order chi connectivity index (χ1) is 17.0. The van der Waals surface area contributed by atoms with E-state index in [9.17, 15) is 32.3 Å². The number of aromatic nitrogens is 1. The molecule has 36 heavy (non-hydrogen) atoms. The number of hydrogen-bond acceptors (Lipinski definition) is 5. The molecule has 2 aromatic carbocycles. The lowest BCUT2D eigenvalue weighted by molar-refractivity contribution is -0.130. The molecule has 192 valence electrons. The van der Waals surface area contributed by atoms with Crippen molar-refractivity contribution in [2.45, 2.75) is 36.6 Å². The van der Waals surface area contributed by atoms with E-state index < -0.39 is 29.7 Å². The van der Waals surface area contributed by atoms with Crippen molar-refractivity contribution in [3.05, 3.63) is 92.1 Å². The molecule has 2 aliphatic rings. The van der Waals surface area contributed by atoms with Gasteiger partial charge in [-0.2, -0.15) is 13.2 Å². The van der Waals surface area contributed by atoms with E-state index >= 15 is 0 Å². The number of fused-ring (bicyclic) bond motifs is 3. The number of halogens is 5. The van der Waals surface area contributed by atoms with Crippen molar-refractivity contribution in [3.63, 3.8) is 0 Å². The largest absolute Gasteiger partial charge is 0.502 e. The fraction of sp³-hybridized carbons (Fsp3) is 0.250. The van der Waals surface area contributed by atoms with E-state index in [-0.39, 0.29) is 18.2 Å². The molecule has 2 aliphatic heterocycles. The maximum Gasteiger partial charge on any atom is 0.388 e. The van der Waals surface area contributed by atoms with E-state index in [1.807, 2.05) is 18.2 Å². The molecule has 3 heterocycles. The van der Waals surface area contributed by atoms with Crippen LogP contribution >= 0.6 is 23.4 Å². The number of benzene rings is 2. The standard InChI is InChI=1S/C14H10ClFS.C7H7N3O3.C3H5F3/c15-12-5-1-4-10-7-9-3-2-6-13(16)11(9)8-17-14(10)12;11-4-1-2-10-5(6(4)12)7(13)8-3-9-10;1-2-3(4,5)6/h1-6H,7-8H2;1-2,9,12H,3H2,(H,8,13);2H2,1H3. The molecule has 1 aromatic heterocycles. The molecule has 1 amide bonds. The summed E-state index contributed by atoms with van der Waals surface area (Å²) in [7, 11) is 0. The van der Waals surface area contributed by atoms with Gasteiger partial charge in [-0.3, -0.25) is 14.3 Å². The predicted molar refractivity (Wildman–Crippen MR) is 131 cm³/mol. The molecule has 0 atom stereocenters. The fourth-order valence-corrected chi connectivity index (χ4v) is 4.80. The number of aromatic hydroxyl groups is 1. The Morgan fingerprint density at radius 2 is 1.78 bits per heavy atom. The zero-order valence-corrected chi connectivity index (χ0v) is 20.5. The van der Waals surface area contributed by atoms with Gasteiger partial charge in [-0.1, -0.05) is 42.8 Å². The first-order valence-corrected chi connectivity index (χ1v) is 12.1. The maximum atomic E-state index is 13.7. The van der Waals surface area contributed by atoms with Crippen LogP contribution in [0.3, 0.4) is 0 Å². The second-order valence-corrected chi connectivity index (χ2v) is 9.02. The van der Waals surface area contributed by atoms with Gasteiger partial charge >= 0.3 is 6.18 Å². The van der Waals surface area contributed by atoms with Gasteiger partial charge in [0.15, 0.2) is 11.4 Å². The summed E-state index contributed by atoms with van der Waals surface area (Å²) in [4.78, 5) is 23.2. The highest BCUT2D eigenvalue weighted by Crippen LogP contribution is 2.38. The normalized spacial score (nSPS) is 13.7. The van der Waals surface area contributed by atoms with Gasteiger partial charge in [-0.15, -0.1) is 11.8 Å². The number of carbonyl (C=O) groups excluding carboxylic acids is 1. The first kappa shape index (κ1) is 27.4. The maximum absolute atomic E-state index is 13.7. The molecule has 3 aromatic rings. The smallest absolute Gasteiger partial charge is 0.388 e. The van der Waals surface area contributed by atoms with Crippen molar-refractivity contribution in [3.8, 4) is 5.75 Å². The first-order valence-electron chi connectivity index (χ1n) is 10.7. The highest BCUT2D eigenvalue weighted by molar-refractivity contribution is 7.98. The van der Waals surface area contributed by atoms with Crippen LogP contribution in [0.1, 0.15) is 40.5 Å². The number of nitrogens with zero attached hydrogens (tertiary/aromatic N) is 1. The number of hydrogen-bond donors (Lipinski definition) is 3. The Balaban J connectivity index is 0.000000169. The number of thioether (sulfide) groups is 1. The summed E-state index contributed by atoms with van der Waals surface area (Å²) < 4.78 is 47.4. The molecular formula is C24H22ClF4N3O3S. The molecule has 0 spiro atoms. The fourth-order valence-electron chi connectivity index (χ4n) is 3.30. The molecule has 0 radical (unpaired) electrons. The molecule has 12 heteroatoms. The zero-order valence-electron chi connectivity index (χ0n) is 19.0. The van der Waals surface area contributed by atoms with E-state index in [2.05, 4.69) is 16.8 Å². The number of pyridine rings is 1. The Hall–Kier alpha value is -3.18. The minimum absolute atomic E-state index is 0.0567. The third-order valence-corrected chi connectivity index (χ3v) is 6.82. The van der Waals surface area contributed by atoms with Crippen LogP contribution < -0.4 is 16.2 Å². The van der Waals surface area contributed by atoms with Gasteiger partial charge in [0.1, 0.15) is 12.5 Å². The van der Waals surface area contributed by atoms with Crippen molar-refractivity contribution in [1.29, 1.82) is 0 Å². The van der Waals surface area contributed by atoms with Gasteiger partial charge in [0.25, 0.3) is 5.91 Å². The van der Waals surface area contributed by atoms with Crippen LogP contribution in [0.4, 0.5) is 17.6 Å². The molecule has 0 saturated heterocycles. The van der Waals surface area contributed by atoms with Crippen molar-refractivity contribution in [2.75, 3.05) is 12.1 Å². The molecule has 0 fully saturated rings. The van der Waals surface area contributed by atoms with Gasteiger partial charge in [-0.25, -0.2) is 4.39 Å². The van der Waals surface area contributed by atoms with E-state index in [0.29, 0.717) is 5.75 Å². The summed E-state index contributed by atoms with van der Waals surface area (Å²) in [6.07, 6.45) is -2.53. The van der Waals surface area contributed by atoms with Crippen LogP contribution in [0, 0.1) is 5.82 Å². The van der Waals surface area contributed by atoms with E-state index in [1.165, 1.54) is 28.6 Å². The van der Waals surface area contributed by atoms with Gasteiger partial charge in [0.05, 0.1) is 5.02 Å². The Morgan fingerprint density at radius 3 is 2.47 bits per heavy atom. The Morgan fingerprint density at radius 1 is 1.11 bits per heavy atom. The quantitative estimate of drug-likeness (QED) is 0.329. The summed E-state index contributed by atoms with van der Waals surface area (Å²) in [5.74, 6) is -0.460.